The normalized spacial score (nSPS) is 13.8. The van der Waals surface area contributed by atoms with E-state index >= 15 is 0 Å². The molecule has 3 aromatic carbocycles. The molecule has 164 valence electrons. The Morgan fingerprint density at radius 1 is 0.969 bits per heavy atom. The van der Waals surface area contributed by atoms with Crippen LogP contribution in [0.3, 0.4) is 0 Å². The number of rotatable bonds is 6. The maximum atomic E-state index is 12.8. The summed E-state index contributed by atoms with van der Waals surface area (Å²) in [6.07, 6.45) is 1.33. The van der Waals surface area contributed by atoms with Gasteiger partial charge in [-0.1, -0.05) is 30.3 Å². The Balaban J connectivity index is 1.53. The Labute approximate surface area is 187 Å². The van der Waals surface area contributed by atoms with Gasteiger partial charge in [-0.25, -0.2) is 8.42 Å². The van der Waals surface area contributed by atoms with Crippen molar-refractivity contribution in [2.24, 2.45) is 0 Å². The minimum Gasteiger partial charge on any atom is -0.322 e. The Bertz CT molecular complexity index is 1290. The average Bonchev–Trinajstić information content (AvgIpc) is 3.21. The predicted octanol–water partition coefficient (Wildman–Crippen LogP) is 4.17. The number of nitrogens with zero attached hydrogens (tertiary/aromatic N) is 1. The first-order valence-electron chi connectivity index (χ1n) is 10.2. The van der Waals surface area contributed by atoms with Crippen molar-refractivity contribution in [2.45, 2.75) is 24.7 Å². The van der Waals surface area contributed by atoms with Crippen molar-refractivity contribution in [3.63, 3.8) is 0 Å². The molecule has 0 unspecified atom stereocenters. The molecule has 1 saturated heterocycles. The van der Waals surface area contributed by atoms with Crippen molar-refractivity contribution >= 4 is 38.9 Å². The highest BCUT2D eigenvalue weighted by molar-refractivity contribution is 7.92. The second kappa shape index (κ2) is 8.84. The number of carbonyl (C=O) groups excluding carboxylic acids is 2. The molecule has 2 N–H and O–H groups in total. The van der Waals surface area contributed by atoms with Crippen molar-refractivity contribution in [2.75, 3.05) is 21.5 Å². The molecular formula is C24H23N3O4S. The second-order valence-electron chi connectivity index (χ2n) is 7.60. The summed E-state index contributed by atoms with van der Waals surface area (Å²) in [7, 11) is -3.86. The molecule has 32 heavy (non-hydrogen) atoms. The Hall–Kier alpha value is -3.65. The predicted molar refractivity (Wildman–Crippen MR) is 124 cm³/mol. The van der Waals surface area contributed by atoms with Gasteiger partial charge < -0.3 is 10.2 Å². The Kier molecular flexibility index (Phi) is 5.96. The third-order valence-corrected chi connectivity index (χ3v) is 6.65. The number of benzene rings is 3. The lowest BCUT2D eigenvalue weighted by atomic mass is 10.2. The molecule has 7 nitrogen and oxygen atoms in total. The fraction of sp³-hybridized carbons (Fsp3) is 0.167. The Morgan fingerprint density at radius 2 is 1.75 bits per heavy atom. The van der Waals surface area contributed by atoms with Gasteiger partial charge in [0.25, 0.3) is 15.9 Å². The van der Waals surface area contributed by atoms with Crippen LogP contribution in [0.2, 0.25) is 0 Å². The van der Waals surface area contributed by atoms with Crippen LogP contribution >= 0.6 is 0 Å². The van der Waals surface area contributed by atoms with E-state index in [0.717, 1.165) is 17.7 Å². The largest absolute Gasteiger partial charge is 0.322 e. The lowest BCUT2D eigenvalue weighted by molar-refractivity contribution is -0.117. The van der Waals surface area contributed by atoms with E-state index in [1.165, 1.54) is 18.2 Å². The average molecular weight is 450 g/mol. The molecule has 1 fully saturated rings. The van der Waals surface area contributed by atoms with Gasteiger partial charge in [-0.2, -0.15) is 0 Å². The molecule has 1 heterocycles. The van der Waals surface area contributed by atoms with Gasteiger partial charge in [-0.05, 0) is 61.4 Å². The van der Waals surface area contributed by atoms with E-state index in [-0.39, 0.29) is 16.4 Å². The van der Waals surface area contributed by atoms with Gasteiger partial charge in [0.2, 0.25) is 5.91 Å². The maximum absolute atomic E-state index is 12.8. The minimum atomic E-state index is -3.86. The molecule has 0 radical (unpaired) electrons. The van der Waals surface area contributed by atoms with E-state index in [2.05, 4.69) is 10.0 Å². The van der Waals surface area contributed by atoms with Crippen molar-refractivity contribution in [1.82, 2.24) is 0 Å². The molecule has 0 aromatic heterocycles. The van der Waals surface area contributed by atoms with E-state index in [1.807, 2.05) is 25.1 Å². The van der Waals surface area contributed by atoms with E-state index in [0.29, 0.717) is 24.3 Å². The van der Waals surface area contributed by atoms with Crippen LogP contribution in [0.1, 0.15) is 28.8 Å². The van der Waals surface area contributed by atoms with Crippen LogP contribution in [0.5, 0.6) is 0 Å². The summed E-state index contributed by atoms with van der Waals surface area (Å²) in [6, 6.07) is 20.0. The van der Waals surface area contributed by atoms with Gasteiger partial charge in [0.15, 0.2) is 0 Å². The zero-order valence-corrected chi connectivity index (χ0v) is 18.4. The van der Waals surface area contributed by atoms with Gasteiger partial charge in [-0.3, -0.25) is 14.3 Å². The van der Waals surface area contributed by atoms with E-state index in [9.17, 15) is 18.0 Å². The summed E-state index contributed by atoms with van der Waals surface area (Å²) >= 11 is 0. The molecule has 0 aliphatic carbocycles. The van der Waals surface area contributed by atoms with Crippen molar-refractivity contribution < 1.29 is 18.0 Å². The molecular weight excluding hydrogens is 426 g/mol. The number of sulfonamides is 1. The van der Waals surface area contributed by atoms with Crippen molar-refractivity contribution in [1.29, 1.82) is 0 Å². The summed E-state index contributed by atoms with van der Waals surface area (Å²) in [5.41, 5.74) is 2.74. The van der Waals surface area contributed by atoms with Crippen LogP contribution < -0.4 is 14.9 Å². The molecule has 3 aromatic rings. The minimum absolute atomic E-state index is 0.00943. The molecule has 0 atom stereocenters. The third-order valence-electron chi connectivity index (χ3n) is 5.29. The lowest BCUT2D eigenvalue weighted by Crippen LogP contribution is -2.23. The fourth-order valence-corrected chi connectivity index (χ4v) is 4.75. The van der Waals surface area contributed by atoms with Crippen LogP contribution in [0, 0.1) is 6.92 Å². The first kappa shape index (κ1) is 21.6. The summed E-state index contributed by atoms with van der Waals surface area (Å²) < 4.78 is 28.2. The van der Waals surface area contributed by atoms with E-state index in [4.69, 9.17) is 0 Å². The van der Waals surface area contributed by atoms with Gasteiger partial charge in [-0.15, -0.1) is 0 Å². The number of amides is 2. The van der Waals surface area contributed by atoms with Gasteiger partial charge in [0.1, 0.15) is 0 Å². The lowest BCUT2D eigenvalue weighted by Gasteiger charge is -2.17. The standard InChI is InChI=1S/C24H23N3O4S/c1-17-7-2-3-12-22(17)26-32(30,31)21-11-4-8-18(15-21)24(29)25-19-9-5-10-20(16-19)27-14-6-13-23(27)28/h2-5,7-12,15-16,26H,6,13-14H2,1H3,(H,25,29). The summed E-state index contributed by atoms with van der Waals surface area (Å²) in [5.74, 6) is -0.379. The summed E-state index contributed by atoms with van der Waals surface area (Å²) in [4.78, 5) is 26.5. The number of para-hydroxylation sites is 1. The molecule has 2 amide bonds. The highest BCUT2D eigenvalue weighted by Gasteiger charge is 2.22. The Morgan fingerprint density at radius 3 is 2.50 bits per heavy atom. The van der Waals surface area contributed by atoms with Gasteiger partial charge in [0.05, 0.1) is 10.6 Å². The summed E-state index contributed by atoms with van der Waals surface area (Å²) in [6.45, 7) is 2.47. The van der Waals surface area contributed by atoms with Crippen molar-refractivity contribution in [3.05, 3.63) is 83.9 Å². The highest BCUT2D eigenvalue weighted by atomic mass is 32.2. The number of anilines is 3. The van der Waals surface area contributed by atoms with Crippen LogP contribution in [0.25, 0.3) is 0 Å². The van der Waals surface area contributed by atoms with E-state index in [1.54, 1.807) is 41.3 Å². The topological polar surface area (TPSA) is 95.6 Å². The van der Waals surface area contributed by atoms with Crippen LogP contribution in [-0.2, 0) is 14.8 Å². The SMILES string of the molecule is Cc1ccccc1NS(=O)(=O)c1cccc(C(=O)Nc2cccc(N3CCCC3=O)c2)c1. The highest BCUT2D eigenvalue weighted by Crippen LogP contribution is 2.25. The van der Waals surface area contributed by atoms with Gasteiger partial charge in [0, 0.05) is 29.9 Å². The number of nitrogens with one attached hydrogen (secondary N) is 2. The molecule has 0 saturated carbocycles. The van der Waals surface area contributed by atoms with Crippen LogP contribution in [0.4, 0.5) is 17.1 Å². The first-order valence-corrected chi connectivity index (χ1v) is 11.7. The maximum Gasteiger partial charge on any atom is 0.261 e. The second-order valence-corrected chi connectivity index (χ2v) is 9.28. The third kappa shape index (κ3) is 4.65. The number of carbonyl (C=O) groups is 2. The fourth-order valence-electron chi connectivity index (χ4n) is 3.57. The van der Waals surface area contributed by atoms with Crippen LogP contribution in [0.15, 0.2) is 77.7 Å². The first-order chi connectivity index (χ1) is 15.3. The molecule has 0 bridgehead atoms. The van der Waals surface area contributed by atoms with Crippen LogP contribution in [-0.4, -0.2) is 26.8 Å². The van der Waals surface area contributed by atoms with Gasteiger partial charge >= 0.3 is 0 Å². The molecule has 1 aliphatic heterocycles. The van der Waals surface area contributed by atoms with Crippen molar-refractivity contribution in [3.8, 4) is 0 Å². The zero-order chi connectivity index (χ0) is 22.7. The molecule has 8 heteroatoms. The molecule has 0 spiro atoms. The quantitative estimate of drug-likeness (QED) is 0.590. The molecule has 4 rings (SSSR count). The number of hydrogen-bond acceptors (Lipinski definition) is 4. The van der Waals surface area contributed by atoms with E-state index < -0.39 is 15.9 Å². The smallest absolute Gasteiger partial charge is 0.261 e. The number of hydrogen-bond donors (Lipinski definition) is 2. The number of aryl methyl sites for hydroxylation is 1. The monoisotopic (exact) mass is 449 g/mol. The molecule has 1 aliphatic rings. The zero-order valence-electron chi connectivity index (χ0n) is 17.5. The summed E-state index contributed by atoms with van der Waals surface area (Å²) in [5, 5.41) is 2.78.